The van der Waals surface area contributed by atoms with Crippen LogP contribution in [0.4, 0.5) is 0 Å². The zero-order valence-corrected chi connectivity index (χ0v) is 48.7. The van der Waals surface area contributed by atoms with Gasteiger partial charge in [-0.05, 0) is 64.2 Å². The Hall–Kier alpha value is -2.11. The van der Waals surface area contributed by atoms with E-state index in [1.165, 1.54) is 250 Å². The number of allylic oxidation sites excluding steroid dienone is 4. The van der Waals surface area contributed by atoms with Gasteiger partial charge in [-0.15, -0.1) is 0 Å². The summed E-state index contributed by atoms with van der Waals surface area (Å²) in [5, 5.41) is 0. The molecular formula is C66H124O6. The smallest absolute Gasteiger partial charge is 0.306 e. The van der Waals surface area contributed by atoms with Gasteiger partial charge in [-0.3, -0.25) is 14.4 Å². The first-order chi connectivity index (χ1) is 35.5. The lowest BCUT2D eigenvalue weighted by atomic mass is 10.0. The lowest BCUT2D eigenvalue weighted by Gasteiger charge is -2.18. The van der Waals surface area contributed by atoms with Crippen molar-refractivity contribution >= 4 is 17.9 Å². The summed E-state index contributed by atoms with van der Waals surface area (Å²) in [7, 11) is 0. The third-order valence-corrected chi connectivity index (χ3v) is 14.7. The predicted molar refractivity (Wildman–Crippen MR) is 312 cm³/mol. The summed E-state index contributed by atoms with van der Waals surface area (Å²) in [5.74, 6) is -0.855. The average Bonchev–Trinajstić information content (AvgIpc) is 3.38. The number of carbonyl (C=O) groups is 3. The lowest BCUT2D eigenvalue weighted by Crippen LogP contribution is -2.30. The topological polar surface area (TPSA) is 78.9 Å². The molecule has 0 aliphatic rings. The molecule has 0 bridgehead atoms. The fourth-order valence-corrected chi connectivity index (χ4v) is 9.80. The first kappa shape index (κ1) is 69.9. The SMILES string of the molecule is CCC/C=C\CCCCCCCC(=O)OCC(COC(=O)CCCCCCCCCCCCCCCCC/C=C\CCCCCCCCCC)OC(=O)CCCCCCCCCCCCCCCCCCC. The Kier molecular flexibility index (Phi) is 59.6. The molecule has 0 aromatic rings. The van der Waals surface area contributed by atoms with E-state index >= 15 is 0 Å². The van der Waals surface area contributed by atoms with Gasteiger partial charge in [0.05, 0.1) is 0 Å². The van der Waals surface area contributed by atoms with Gasteiger partial charge in [0.2, 0.25) is 0 Å². The van der Waals surface area contributed by atoms with E-state index in [1.54, 1.807) is 0 Å². The Labute approximate surface area is 449 Å². The summed E-state index contributed by atoms with van der Waals surface area (Å²) >= 11 is 0. The number of carbonyl (C=O) groups excluding carboxylic acids is 3. The van der Waals surface area contributed by atoms with E-state index in [-0.39, 0.29) is 31.1 Å². The molecule has 0 saturated heterocycles. The molecule has 0 aliphatic heterocycles. The van der Waals surface area contributed by atoms with E-state index in [9.17, 15) is 14.4 Å². The van der Waals surface area contributed by atoms with Gasteiger partial charge in [0.15, 0.2) is 6.10 Å². The minimum Gasteiger partial charge on any atom is -0.462 e. The second-order valence-electron chi connectivity index (χ2n) is 22.0. The predicted octanol–water partition coefficient (Wildman–Crippen LogP) is 21.8. The highest BCUT2D eigenvalue weighted by molar-refractivity contribution is 5.71. The fraction of sp³-hybridized carbons (Fsp3) is 0.894. The van der Waals surface area contributed by atoms with E-state index in [4.69, 9.17) is 14.2 Å². The molecule has 0 saturated carbocycles. The van der Waals surface area contributed by atoms with Crippen LogP contribution in [-0.4, -0.2) is 37.2 Å². The molecule has 1 unspecified atom stereocenters. The Balaban J connectivity index is 4.13. The summed E-state index contributed by atoms with van der Waals surface area (Å²) in [6.07, 6.45) is 73.5. The van der Waals surface area contributed by atoms with Crippen LogP contribution in [0.2, 0.25) is 0 Å². The normalized spacial score (nSPS) is 12.1. The van der Waals surface area contributed by atoms with Crippen molar-refractivity contribution in [3.63, 3.8) is 0 Å². The van der Waals surface area contributed by atoms with Crippen molar-refractivity contribution < 1.29 is 28.6 Å². The van der Waals surface area contributed by atoms with Crippen LogP contribution in [0.15, 0.2) is 24.3 Å². The van der Waals surface area contributed by atoms with Gasteiger partial charge in [-0.25, -0.2) is 0 Å². The number of hydrogen-bond donors (Lipinski definition) is 0. The van der Waals surface area contributed by atoms with Crippen molar-refractivity contribution in [1.82, 2.24) is 0 Å². The van der Waals surface area contributed by atoms with E-state index in [0.717, 1.165) is 70.6 Å². The molecule has 0 spiro atoms. The van der Waals surface area contributed by atoms with Gasteiger partial charge in [0, 0.05) is 19.3 Å². The van der Waals surface area contributed by atoms with Crippen LogP contribution in [0.5, 0.6) is 0 Å². The monoisotopic (exact) mass is 1010 g/mol. The molecule has 6 heteroatoms. The third-order valence-electron chi connectivity index (χ3n) is 14.7. The van der Waals surface area contributed by atoms with Gasteiger partial charge < -0.3 is 14.2 Å². The first-order valence-electron chi connectivity index (χ1n) is 32.3. The number of unbranched alkanes of at least 4 members (excludes halogenated alkanes) is 45. The third kappa shape index (κ3) is 58.8. The summed E-state index contributed by atoms with van der Waals surface area (Å²) < 4.78 is 16.9. The van der Waals surface area contributed by atoms with Crippen molar-refractivity contribution in [2.24, 2.45) is 0 Å². The molecule has 0 amide bonds. The Morgan fingerprint density at radius 3 is 0.750 bits per heavy atom. The van der Waals surface area contributed by atoms with Crippen molar-refractivity contribution in [3.05, 3.63) is 24.3 Å². The van der Waals surface area contributed by atoms with Gasteiger partial charge in [0.25, 0.3) is 0 Å². The zero-order valence-electron chi connectivity index (χ0n) is 48.7. The molecule has 0 rings (SSSR count). The minimum absolute atomic E-state index is 0.0685. The van der Waals surface area contributed by atoms with E-state index in [1.807, 2.05) is 0 Å². The van der Waals surface area contributed by atoms with E-state index in [0.29, 0.717) is 19.3 Å². The Bertz CT molecular complexity index is 1160. The average molecular weight is 1010 g/mol. The Morgan fingerprint density at radius 2 is 0.486 bits per heavy atom. The quantitative estimate of drug-likeness (QED) is 0.0261. The molecule has 0 aromatic heterocycles. The van der Waals surface area contributed by atoms with Crippen molar-refractivity contribution in [2.75, 3.05) is 13.2 Å². The summed E-state index contributed by atoms with van der Waals surface area (Å²) in [6.45, 7) is 6.63. The summed E-state index contributed by atoms with van der Waals surface area (Å²) in [6, 6.07) is 0. The maximum atomic E-state index is 12.9. The van der Waals surface area contributed by atoms with Crippen LogP contribution in [0.3, 0.4) is 0 Å². The molecule has 0 N–H and O–H groups in total. The highest BCUT2D eigenvalue weighted by Gasteiger charge is 2.19. The molecular weight excluding hydrogens is 889 g/mol. The molecule has 424 valence electrons. The van der Waals surface area contributed by atoms with Crippen LogP contribution >= 0.6 is 0 Å². The highest BCUT2D eigenvalue weighted by atomic mass is 16.6. The maximum absolute atomic E-state index is 12.9. The van der Waals surface area contributed by atoms with Gasteiger partial charge in [-0.1, -0.05) is 302 Å². The second-order valence-corrected chi connectivity index (χ2v) is 22.0. The van der Waals surface area contributed by atoms with Crippen LogP contribution in [0.1, 0.15) is 361 Å². The van der Waals surface area contributed by atoms with Crippen LogP contribution < -0.4 is 0 Å². The second kappa shape index (κ2) is 61.4. The van der Waals surface area contributed by atoms with Crippen molar-refractivity contribution in [1.29, 1.82) is 0 Å². The minimum atomic E-state index is -0.770. The highest BCUT2D eigenvalue weighted by Crippen LogP contribution is 2.18. The molecule has 0 aromatic carbocycles. The number of ether oxygens (including phenoxy) is 3. The number of rotatable bonds is 60. The molecule has 0 radical (unpaired) electrons. The zero-order chi connectivity index (χ0) is 52.2. The molecule has 72 heavy (non-hydrogen) atoms. The van der Waals surface area contributed by atoms with Crippen LogP contribution in [-0.2, 0) is 28.6 Å². The molecule has 1 atom stereocenters. The van der Waals surface area contributed by atoms with E-state index < -0.39 is 6.10 Å². The van der Waals surface area contributed by atoms with Gasteiger partial charge in [0.1, 0.15) is 13.2 Å². The van der Waals surface area contributed by atoms with Gasteiger partial charge in [-0.2, -0.15) is 0 Å². The molecule has 0 aliphatic carbocycles. The van der Waals surface area contributed by atoms with Crippen molar-refractivity contribution in [3.8, 4) is 0 Å². The molecule has 6 nitrogen and oxygen atoms in total. The number of hydrogen-bond acceptors (Lipinski definition) is 6. The van der Waals surface area contributed by atoms with Crippen LogP contribution in [0, 0.1) is 0 Å². The number of esters is 3. The molecule has 0 heterocycles. The first-order valence-corrected chi connectivity index (χ1v) is 32.3. The largest absolute Gasteiger partial charge is 0.462 e. The Morgan fingerprint density at radius 1 is 0.264 bits per heavy atom. The maximum Gasteiger partial charge on any atom is 0.306 e. The molecule has 0 fully saturated rings. The standard InChI is InChI=1S/C66H124O6/c1-4-7-10-13-16-19-22-24-26-28-29-30-31-32-33-34-35-36-37-39-40-42-44-47-50-53-56-59-65(68)71-62-63(61-70-64(67)58-55-52-49-46-21-18-15-12-9-6-3)72-66(69)60-57-54-51-48-45-43-41-38-27-25-23-20-17-14-11-8-5-2/h12,15,28-29,63H,4-11,13-14,16-27,30-62H2,1-3H3/b15-12-,29-28-. The summed E-state index contributed by atoms with van der Waals surface area (Å²) in [5.41, 5.74) is 0. The van der Waals surface area contributed by atoms with Crippen molar-refractivity contribution in [2.45, 2.75) is 367 Å². The summed E-state index contributed by atoms with van der Waals surface area (Å²) in [4.78, 5) is 38.2. The van der Waals surface area contributed by atoms with Crippen LogP contribution in [0.25, 0.3) is 0 Å². The fourth-order valence-electron chi connectivity index (χ4n) is 9.80. The van der Waals surface area contributed by atoms with Gasteiger partial charge >= 0.3 is 17.9 Å². The lowest BCUT2D eigenvalue weighted by molar-refractivity contribution is -0.167. The van der Waals surface area contributed by atoms with E-state index in [2.05, 4.69) is 45.1 Å².